The number of fused-ring (bicyclic) bond motifs is 5. The lowest BCUT2D eigenvalue weighted by molar-refractivity contribution is 0.0240. The number of hydrogen-bond acceptors (Lipinski definition) is 1. The molecule has 0 radical (unpaired) electrons. The lowest BCUT2D eigenvalue weighted by Gasteiger charge is -2.56. The van der Waals surface area contributed by atoms with Crippen molar-refractivity contribution in [2.45, 2.75) is 70.5 Å². The van der Waals surface area contributed by atoms with Gasteiger partial charge in [0.1, 0.15) is 0 Å². The van der Waals surface area contributed by atoms with Gasteiger partial charge in [-0.2, -0.15) is 0 Å². The predicted octanol–water partition coefficient (Wildman–Crippen LogP) is 5.32. The number of alkyl halides is 1. The van der Waals surface area contributed by atoms with Gasteiger partial charge in [-0.05, 0) is 78.9 Å². The molecule has 22 heavy (non-hydrogen) atoms. The molecule has 3 saturated carbocycles. The highest BCUT2D eigenvalue weighted by atomic mass is 79.9. The van der Waals surface area contributed by atoms with Crippen molar-refractivity contribution in [3.63, 3.8) is 0 Å². The van der Waals surface area contributed by atoms with Crippen molar-refractivity contribution in [1.82, 2.24) is 0 Å². The topological polar surface area (TPSA) is 20.2 Å². The lowest BCUT2D eigenvalue weighted by atomic mass is 9.49. The summed E-state index contributed by atoms with van der Waals surface area (Å²) < 4.78 is 0. The second-order valence-electron chi connectivity index (χ2n) is 9.56. The van der Waals surface area contributed by atoms with Crippen LogP contribution in [0.2, 0.25) is 0 Å². The molecule has 3 fully saturated rings. The van der Waals surface area contributed by atoms with Gasteiger partial charge in [-0.15, -0.1) is 0 Å². The Morgan fingerprint density at radius 1 is 1.23 bits per heavy atom. The van der Waals surface area contributed by atoms with Crippen molar-refractivity contribution in [2.24, 2.45) is 34.0 Å². The molecule has 0 spiro atoms. The fourth-order valence-electron chi connectivity index (χ4n) is 6.77. The van der Waals surface area contributed by atoms with E-state index in [9.17, 15) is 5.11 Å². The molecule has 7 unspecified atom stereocenters. The molecule has 0 bridgehead atoms. The number of halogens is 1. The minimum atomic E-state index is 0.229. The Bertz CT molecular complexity index is 514. The summed E-state index contributed by atoms with van der Waals surface area (Å²) in [6, 6.07) is 0. The highest BCUT2D eigenvalue weighted by Crippen LogP contribution is 2.73. The van der Waals surface area contributed by atoms with Crippen molar-refractivity contribution in [3.8, 4) is 0 Å². The van der Waals surface area contributed by atoms with Gasteiger partial charge in [0.2, 0.25) is 0 Å². The standard InChI is InChI=1S/C20H31BrO/c1-18(17(21)12-22)8-7-15-13(10-18)4-5-16-19(15,2)9-6-14-11-20(14,16)3/h7,13-14,16-17,22H,4-6,8-12H2,1-3H3. The maximum atomic E-state index is 9.59. The molecule has 0 saturated heterocycles. The van der Waals surface area contributed by atoms with Crippen LogP contribution in [0.3, 0.4) is 0 Å². The Labute approximate surface area is 144 Å². The normalized spacial score (nSPS) is 54.6. The Hall–Kier alpha value is 0.180. The van der Waals surface area contributed by atoms with Gasteiger partial charge in [-0.25, -0.2) is 0 Å². The van der Waals surface area contributed by atoms with Gasteiger partial charge in [0, 0.05) is 4.83 Å². The van der Waals surface area contributed by atoms with Crippen LogP contribution >= 0.6 is 15.9 Å². The first-order valence-electron chi connectivity index (χ1n) is 9.29. The van der Waals surface area contributed by atoms with Crippen LogP contribution in [0.4, 0.5) is 0 Å². The molecule has 124 valence electrons. The summed E-state index contributed by atoms with van der Waals surface area (Å²) in [5.74, 6) is 2.74. The highest BCUT2D eigenvalue weighted by molar-refractivity contribution is 9.09. The predicted molar refractivity (Wildman–Crippen MR) is 95.0 cm³/mol. The van der Waals surface area contributed by atoms with E-state index in [2.05, 4.69) is 42.8 Å². The van der Waals surface area contributed by atoms with E-state index in [1.165, 1.54) is 38.5 Å². The largest absolute Gasteiger partial charge is 0.395 e. The molecule has 4 aliphatic carbocycles. The van der Waals surface area contributed by atoms with Crippen LogP contribution < -0.4 is 0 Å². The van der Waals surface area contributed by atoms with Crippen LogP contribution in [0.25, 0.3) is 0 Å². The van der Waals surface area contributed by atoms with Crippen LogP contribution in [0.5, 0.6) is 0 Å². The SMILES string of the molecule is CC1(C(Br)CO)CC=C2C(CCC3C2(C)CCC2CC23C)C1. The molecule has 1 N–H and O–H groups in total. The first-order chi connectivity index (χ1) is 10.3. The Balaban J connectivity index is 1.65. The number of aliphatic hydroxyl groups excluding tert-OH is 1. The van der Waals surface area contributed by atoms with Gasteiger partial charge in [0.25, 0.3) is 0 Å². The third-order valence-corrected chi connectivity index (χ3v) is 9.75. The molecule has 0 aromatic carbocycles. The number of rotatable bonds is 2. The van der Waals surface area contributed by atoms with Gasteiger partial charge < -0.3 is 5.11 Å². The zero-order chi connectivity index (χ0) is 15.8. The average molecular weight is 367 g/mol. The van der Waals surface area contributed by atoms with Gasteiger partial charge in [0.15, 0.2) is 0 Å². The molecule has 0 aromatic heterocycles. The van der Waals surface area contributed by atoms with E-state index in [0.29, 0.717) is 10.8 Å². The van der Waals surface area contributed by atoms with Crippen molar-refractivity contribution < 1.29 is 5.11 Å². The number of hydrogen-bond donors (Lipinski definition) is 1. The fraction of sp³-hybridized carbons (Fsp3) is 0.900. The lowest BCUT2D eigenvalue weighted by Crippen LogP contribution is -2.47. The number of aliphatic hydroxyl groups is 1. The fourth-order valence-corrected chi connectivity index (χ4v) is 7.14. The van der Waals surface area contributed by atoms with Crippen LogP contribution in [0.1, 0.15) is 65.7 Å². The first-order valence-corrected chi connectivity index (χ1v) is 10.2. The average Bonchev–Trinajstić information content (AvgIpc) is 3.17. The zero-order valence-electron chi connectivity index (χ0n) is 14.4. The van der Waals surface area contributed by atoms with Gasteiger partial charge >= 0.3 is 0 Å². The summed E-state index contributed by atoms with van der Waals surface area (Å²) in [7, 11) is 0. The molecule has 4 rings (SSSR count). The Kier molecular flexibility index (Phi) is 3.46. The minimum absolute atomic E-state index is 0.229. The summed E-state index contributed by atoms with van der Waals surface area (Å²) in [4.78, 5) is 0.236. The van der Waals surface area contributed by atoms with Gasteiger partial charge in [0.05, 0.1) is 6.61 Å². The van der Waals surface area contributed by atoms with E-state index in [1.54, 1.807) is 0 Å². The maximum absolute atomic E-state index is 9.59. The Morgan fingerprint density at radius 3 is 2.73 bits per heavy atom. The summed E-state index contributed by atoms with van der Waals surface area (Å²) in [5.41, 5.74) is 3.19. The highest BCUT2D eigenvalue weighted by Gasteiger charge is 2.65. The van der Waals surface area contributed by atoms with Gasteiger partial charge in [-0.3, -0.25) is 0 Å². The number of allylic oxidation sites excluding steroid dienone is 2. The van der Waals surface area contributed by atoms with Crippen LogP contribution in [0.15, 0.2) is 11.6 Å². The molecular formula is C20H31BrO. The van der Waals surface area contributed by atoms with Crippen molar-refractivity contribution >= 4 is 15.9 Å². The molecule has 1 nitrogen and oxygen atoms in total. The van der Waals surface area contributed by atoms with E-state index < -0.39 is 0 Å². The molecule has 0 heterocycles. The van der Waals surface area contributed by atoms with Crippen molar-refractivity contribution in [2.75, 3.05) is 6.61 Å². The molecule has 0 aliphatic heterocycles. The first kappa shape index (κ1) is 15.7. The zero-order valence-corrected chi connectivity index (χ0v) is 16.0. The van der Waals surface area contributed by atoms with Crippen molar-refractivity contribution in [3.05, 3.63) is 11.6 Å². The summed E-state index contributed by atoms with van der Waals surface area (Å²) in [5, 5.41) is 9.59. The summed E-state index contributed by atoms with van der Waals surface area (Å²) in [6.07, 6.45) is 12.2. The van der Waals surface area contributed by atoms with Gasteiger partial charge in [-0.1, -0.05) is 48.4 Å². The van der Waals surface area contributed by atoms with Crippen LogP contribution in [-0.4, -0.2) is 16.5 Å². The van der Waals surface area contributed by atoms with E-state index in [4.69, 9.17) is 0 Å². The third kappa shape index (κ3) is 1.98. The van der Waals surface area contributed by atoms with E-state index in [-0.39, 0.29) is 16.8 Å². The summed E-state index contributed by atoms with van der Waals surface area (Å²) in [6.45, 7) is 7.79. The second-order valence-corrected chi connectivity index (χ2v) is 10.7. The molecule has 7 atom stereocenters. The smallest absolute Gasteiger partial charge is 0.0561 e. The van der Waals surface area contributed by atoms with Crippen LogP contribution in [0, 0.1) is 34.0 Å². The second kappa shape index (κ2) is 4.85. The van der Waals surface area contributed by atoms with Crippen LogP contribution in [-0.2, 0) is 0 Å². The van der Waals surface area contributed by atoms with Crippen molar-refractivity contribution in [1.29, 1.82) is 0 Å². The molecule has 2 heteroatoms. The molecule has 0 amide bonds. The maximum Gasteiger partial charge on any atom is 0.0561 e. The minimum Gasteiger partial charge on any atom is -0.395 e. The molecule has 4 aliphatic rings. The Morgan fingerprint density at radius 2 is 2.00 bits per heavy atom. The van der Waals surface area contributed by atoms with E-state index in [1.807, 2.05) is 5.57 Å². The quantitative estimate of drug-likeness (QED) is 0.517. The van der Waals surface area contributed by atoms with E-state index >= 15 is 0 Å². The summed E-state index contributed by atoms with van der Waals surface area (Å²) >= 11 is 3.74. The third-order valence-electron chi connectivity index (χ3n) is 8.36. The molecular weight excluding hydrogens is 336 g/mol. The van der Waals surface area contributed by atoms with E-state index in [0.717, 1.165) is 24.2 Å². The molecule has 0 aromatic rings. The monoisotopic (exact) mass is 366 g/mol.